The molecule has 0 spiro atoms. The van der Waals surface area contributed by atoms with E-state index in [2.05, 4.69) is 51.3 Å². The van der Waals surface area contributed by atoms with Crippen molar-refractivity contribution in [1.82, 2.24) is 10.6 Å². The van der Waals surface area contributed by atoms with Crippen LogP contribution < -0.4 is 10.6 Å². The summed E-state index contributed by atoms with van der Waals surface area (Å²) in [6.45, 7) is 13.9. The van der Waals surface area contributed by atoms with Crippen molar-refractivity contribution in [3.63, 3.8) is 0 Å². The van der Waals surface area contributed by atoms with Gasteiger partial charge in [-0.15, -0.1) is 0 Å². The molecule has 11 heteroatoms. The van der Waals surface area contributed by atoms with Crippen molar-refractivity contribution in [1.29, 1.82) is 0 Å². The Morgan fingerprint density at radius 3 is 2.32 bits per heavy atom. The molecule has 9 nitrogen and oxygen atoms in total. The highest BCUT2D eigenvalue weighted by molar-refractivity contribution is 8.77. The Balaban J connectivity index is 0.983. The number of carbonyl (C=O) groups is 5. The molecule has 0 radical (unpaired) electrons. The molecule has 6 aliphatic rings. The van der Waals surface area contributed by atoms with Crippen molar-refractivity contribution in [3.05, 3.63) is 47.5 Å². The molecule has 1 saturated heterocycles. The van der Waals surface area contributed by atoms with Crippen LogP contribution in [0, 0.1) is 50.2 Å². The van der Waals surface area contributed by atoms with Crippen LogP contribution in [0.4, 0.5) is 0 Å². The minimum absolute atomic E-state index is 0.0118. The minimum Gasteiger partial charge on any atom is -0.463 e. The Morgan fingerprint density at radius 1 is 0.817 bits per heavy atom. The van der Waals surface area contributed by atoms with E-state index in [0.717, 1.165) is 82.6 Å². The van der Waals surface area contributed by atoms with Crippen molar-refractivity contribution < 1.29 is 33.4 Å². The van der Waals surface area contributed by atoms with E-state index in [1.807, 2.05) is 58.8 Å². The number of carbonyl (C=O) groups excluding carboxylic acids is 5. The van der Waals surface area contributed by atoms with Crippen LogP contribution in [0.1, 0.15) is 143 Å². The van der Waals surface area contributed by atoms with Gasteiger partial charge in [0.25, 0.3) is 0 Å². The van der Waals surface area contributed by atoms with Gasteiger partial charge in [-0.3, -0.25) is 24.0 Å². The van der Waals surface area contributed by atoms with E-state index in [-0.39, 0.29) is 70.9 Å². The van der Waals surface area contributed by atoms with Crippen LogP contribution in [0.25, 0.3) is 0 Å². The van der Waals surface area contributed by atoms with Gasteiger partial charge in [-0.25, -0.2) is 0 Å². The highest BCUT2D eigenvalue weighted by Gasteiger charge is 2.70. The zero-order valence-electron chi connectivity index (χ0n) is 37.1. The van der Waals surface area contributed by atoms with Gasteiger partial charge in [-0.1, -0.05) is 105 Å². The van der Waals surface area contributed by atoms with Gasteiger partial charge in [-0.2, -0.15) is 0 Å². The third-order valence-electron chi connectivity index (χ3n) is 17.1. The number of ether oxygens (including phenoxy) is 2. The average molecular weight is 863 g/mol. The van der Waals surface area contributed by atoms with Crippen LogP contribution in [0.3, 0.4) is 0 Å². The molecule has 0 aromatic heterocycles. The molecular weight excluding hydrogens is 793 g/mol. The first-order chi connectivity index (χ1) is 28.5. The molecule has 2 N–H and O–H groups in total. The smallest absolute Gasteiger partial charge is 0.325 e. The number of allylic oxidation sites excluding steroid dienone is 2. The van der Waals surface area contributed by atoms with Crippen LogP contribution in [0.2, 0.25) is 0 Å². The number of rotatable bonds is 14. The second-order valence-corrected chi connectivity index (χ2v) is 23.9. The minimum atomic E-state index is -0.834. The summed E-state index contributed by atoms with van der Waals surface area (Å²) in [5.41, 5.74) is 0.984. The van der Waals surface area contributed by atoms with E-state index in [1.165, 1.54) is 17.7 Å². The predicted molar refractivity (Wildman–Crippen MR) is 239 cm³/mol. The zero-order chi connectivity index (χ0) is 43.0. The Morgan fingerprint density at radius 2 is 1.57 bits per heavy atom. The zero-order valence-corrected chi connectivity index (χ0v) is 38.7. The number of nitrogens with one attached hydrogen (secondary N) is 2. The molecule has 0 bridgehead atoms. The van der Waals surface area contributed by atoms with Gasteiger partial charge in [0.1, 0.15) is 25.5 Å². The van der Waals surface area contributed by atoms with Crippen molar-refractivity contribution in [2.45, 2.75) is 150 Å². The Bertz CT molecular complexity index is 1830. The summed E-state index contributed by atoms with van der Waals surface area (Å²) in [5.74, 6) is 0.629. The van der Waals surface area contributed by atoms with Crippen LogP contribution in [0.5, 0.6) is 0 Å². The van der Waals surface area contributed by atoms with E-state index in [9.17, 15) is 24.0 Å². The fraction of sp³-hybridized carbons (Fsp3) is 0.735. The molecule has 1 heterocycles. The molecular formula is C49H70N2O7S2. The lowest BCUT2D eigenvalue weighted by molar-refractivity contribution is -0.198. The molecule has 60 heavy (non-hydrogen) atoms. The Kier molecular flexibility index (Phi) is 13.4. The summed E-state index contributed by atoms with van der Waals surface area (Å²) in [7, 11) is 3.87. The average Bonchev–Trinajstić information content (AvgIpc) is 3.75. The summed E-state index contributed by atoms with van der Waals surface area (Å²) >= 11 is 0. The normalized spacial score (nSPS) is 36.6. The van der Waals surface area contributed by atoms with Gasteiger partial charge < -0.3 is 20.1 Å². The maximum atomic E-state index is 14.4. The fourth-order valence-electron chi connectivity index (χ4n) is 13.3. The summed E-state index contributed by atoms with van der Waals surface area (Å²) in [6, 6.07) is 9.99. The lowest BCUT2D eigenvalue weighted by atomic mass is 9.33. The van der Waals surface area contributed by atoms with Crippen LogP contribution in [-0.4, -0.2) is 60.2 Å². The molecule has 4 saturated carbocycles. The number of hydrogen-bond acceptors (Lipinski definition) is 9. The standard InChI is InChI=1S/C49H70N2O7S2/c1-44(2)23-25-49(43(56)57-31-33-12-8-7-9-13-33)26-24-47(5)35(36(49)28-44)16-17-38-45(3)21-19-39(52)46(4,37(45)18-22-48(38,47)6)32-58-42(55)30-51-41(54)29-50-40(53)15-11-10-14-34-20-27-59-60-34/h7-9,12-13,16,34,36-38H,10-11,14-15,17-32H2,1-6H3,(H,50,53)(H,51,54)/t34-,36+,37-,38-,45+,46+,47-,48-,49+/m1/s1. The fourth-order valence-corrected chi connectivity index (χ4v) is 16.3. The number of hydrogen-bond donors (Lipinski definition) is 2. The van der Waals surface area contributed by atoms with Gasteiger partial charge in [0.2, 0.25) is 11.8 Å². The number of amides is 2. The van der Waals surface area contributed by atoms with Crippen LogP contribution >= 0.6 is 21.6 Å². The number of esters is 2. The number of benzene rings is 1. The second kappa shape index (κ2) is 17.8. The number of unbranched alkanes of at least 4 members (excludes halogenated alkanes) is 1. The maximum Gasteiger partial charge on any atom is 0.325 e. The van der Waals surface area contributed by atoms with Crippen LogP contribution in [-0.2, 0) is 40.1 Å². The molecule has 9 atom stereocenters. The first kappa shape index (κ1) is 45.2. The molecule has 1 aliphatic heterocycles. The van der Waals surface area contributed by atoms with Gasteiger partial charge in [-0.05, 0) is 129 Å². The predicted octanol–water partition coefficient (Wildman–Crippen LogP) is 9.57. The third kappa shape index (κ3) is 8.62. The second-order valence-electron chi connectivity index (χ2n) is 21.1. The monoisotopic (exact) mass is 862 g/mol. The largest absolute Gasteiger partial charge is 0.463 e. The molecule has 330 valence electrons. The van der Waals surface area contributed by atoms with Gasteiger partial charge in [0.05, 0.1) is 17.4 Å². The summed E-state index contributed by atoms with van der Waals surface area (Å²) < 4.78 is 12.0. The lowest BCUT2D eigenvalue weighted by Crippen LogP contribution is -2.65. The summed E-state index contributed by atoms with van der Waals surface area (Å²) in [5, 5.41) is 5.94. The van der Waals surface area contributed by atoms with Crippen molar-refractivity contribution >= 4 is 51.1 Å². The SMILES string of the molecule is CC1(C)CC[C@]2(C(=O)OCc3ccccc3)CC[C@]3(C)C(=CC[C@@H]4[C@@]5(C)CCC(=O)[C@@](C)(COC(=O)CNC(=O)CNC(=O)CCCC[C@@H]6CCSS6)[C@@H]5CC[C@]43C)[C@@H]2C1. The first-order valence-electron chi connectivity index (χ1n) is 22.9. The molecule has 1 aromatic carbocycles. The molecule has 7 rings (SSSR count). The topological polar surface area (TPSA) is 128 Å². The van der Waals surface area contributed by atoms with E-state index >= 15 is 0 Å². The van der Waals surface area contributed by atoms with Gasteiger partial charge in [0.15, 0.2) is 0 Å². The van der Waals surface area contributed by atoms with Gasteiger partial charge in [0, 0.05) is 23.8 Å². The van der Waals surface area contributed by atoms with Gasteiger partial charge >= 0.3 is 11.9 Å². The maximum absolute atomic E-state index is 14.4. The van der Waals surface area contributed by atoms with Crippen molar-refractivity contribution in [3.8, 4) is 0 Å². The van der Waals surface area contributed by atoms with Crippen LogP contribution in [0.15, 0.2) is 42.0 Å². The van der Waals surface area contributed by atoms with E-state index in [1.54, 1.807) is 0 Å². The van der Waals surface area contributed by atoms with E-state index in [0.29, 0.717) is 30.6 Å². The number of fused-ring (bicyclic) bond motifs is 7. The molecule has 5 aliphatic carbocycles. The quantitative estimate of drug-likeness (QED) is 0.0814. The first-order valence-corrected chi connectivity index (χ1v) is 25.3. The van der Waals surface area contributed by atoms with Crippen molar-refractivity contribution in [2.75, 3.05) is 25.4 Å². The molecule has 5 fully saturated rings. The molecule has 1 aromatic rings. The highest BCUT2D eigenvalue weighted by atomic mass is 33.1. The lowest BCUT2D eigenvalue weighted by Gasteiger charge is -2.70. The third-order valence-corrected chi connectivity index (χ3v) is 20.1. The highest BCUT2D eigenvalue weighted by Crippen LogP contribution is 2.75. The van der Waals surface area contributed by atoms with E-state index < -0.39 is 22.7 Å². The molecule has 2 amide bonds. The number of Topliss-reactive ketones (excluding diaryl/α,β-unsaturated/α-hetero) is 1. The van der Waals surface area contributed by atoms with Crippen molar-refractivity contribution in [2.24, 2.45) is 50.2 Å². The summed E-state index contributed by atoms with van der Waals surface area (Å²) in [4.78, 5) is 66.2. The number of ketones is 1. The summed E-state index contributed by atoms with van der Waals surface area (Å²) in [6.07, 6.45) is 15.6. The Hall–Kier alpha value is -2.79. The Labute approximate surface area is 366 Å². The molecule has 0 unspecified atom stereocenters. The van der Waals surface area contributed by atoms with E-state index in [4.69, 9.17) is 9.47 Å².